The first-order valence-electron chi connectivity index (χ1n) is 8.55. The van der Waals surface area contributed by atoms with E-state index in [0.717, 1.165) is 0 Å². The van der Waals surface area contributed by atoms with Crippen LogP contribution in [0.2, 0.25) is 0 Å². The number of benzene rings is 2. The van der Waals surface area contributed by atoms with Gasteiger partial charge >= 0.3 is 0 Å². The maximum atomic E-state index is 12.1. The third kappa shape index (κ3) is 5.81. The molecule has 2 aromatic rings. The van der Waals surface area contributed by atoms with Gasteiger partial charge < -0.3 is 20.1 Å². The molecule has 6 heteroatoms. The van der Waals surface area contributed by atoms with Gasteiger partial charge in [0.25, 0.3) is 5.91 Å². The molecule has 0 heterocycles. The SMILES string of the molecule is CCOc1ccccc1OCC(=O)Nc1ccc(NC(=O)C(C)C)cc1. The van der Waals surface area contributed by atoms with Crippen LogP contribution >= 0.6 is 0 Å². The van der Waals surface area contributed by atoms with E-state index in [1.54, 1.807) is 36.4 Å². The van der Waals surface area contributed by atoms with Crippen molar-refractivity contribution in [2.45, 2.75) is 20.8 Å². The average molecular weight is 356 g/mol. The Hall–Kier alpha value is -3.02. The van der Waals surface area contributed by atoms with Gasteiger partial charge in [-0.2, -0.15) is 0 Å². The molecule has 0 saturated carbocycles. The smallest absolute Gasteiger partial charge is 0.262 e. The monoisotopic (exact) mass is 356 g/mol. The normalized spacial score (nSPS) is 10.3. The maximum Gasteiger partial charge on any atom is 0.262 e. The fourth-order valence-corrected chi connectivity index (χ4v) is 2.11. The second-order valence-electron chi connectivity index (χ2n) is 5.94. The van der Waals surface area contributed by atoms with Crippen molar-refractivity contribution in [1.29, 1.82) is 0 Å². The van der Waals surface area contributed by atoms with E-state index in [1.165, 1.54) is 0 Å². The summed E-state index contributed by atoms with van der Waals surface area (Å²) in [5.74, 6) is 0.703. The van der Waals surface area contributed by atoms with Crippen molar-refractivity contribution in [1.82, 2.24) is 0 Å². The number of amides is 2. The van der Waals surface area contributed by atoms with Crippen molar-refractivity contribution in [3.05, 3.63) is 48.5 Å². The molecule has 0 aliphatic rings. The van der Waals surface area contributed by atoms with Gasteiger partial charge in [0.1, 0.15) is 0 Å². The second-order valence-corrected chi connectivity index (χ2v) is 5.94. The Balaban J connectivity index is 1.87. The molecule has 0 saturated heterocycles. The molecule has 0 fully saturated rings. The summed E-state index contributed by atoms with van der Waals surface area (Å²) < 4.78 is 11.0. The summed E-state index contributed by atoms with van der Waals surface area (Å²) in [6.07, 6.45) is 0. The molecule has 0 aliphatic carbocycles. The molecular weight excluding hydrogens is 332 g/mol. The first kappa shape index (κ1) is 19.3. The lowest BCUT2D eigenvalue weighted by Gasteiger charge is -2.12. The zero-order valence-corrected chi connectivity index (χ0v) is 15.2. The third-order valence-electron chi connectivity index (χ3n) is 3.47. The molecular formula is C20H24N2O4. The van der Waals surface area contributed by atoms with E-state index in [2.05, 4.69) is 10.6 Å². The van der Waals surface area contributed by atoms with Crippen LogP contribution in [-0.4, -0.2) is 25.0 Å². The minimum Gasteiger partial charge on any atom is -0.490 e. The van der Waals surface area contributed by atoms with Gasteiger partial charge in [0.2, 0.25) is 5.91 Å². The Labute approximate surface area is 153 Å². The number of ether oxygens (including phenoxy) is 2. The molecule has 0 aliphatic heterocycles. The zero-order chi connectivity index (χ0) is 18.9. The average Bonchev–Trinajstić information content (AvgIpc) is 2.63. The van der Waals surface area contributed by atoms with Crippen LogP contribution in [0.5, 0.6) is 11.5 Å². The van der Waals surface area contributed by atoms with Crippen molar-refractivity contribution in [3.8, 4) is 11.5 Å². The minimum atomic E-state index is -0.282. The Bertz CT molecular complexity index is 742. The quantitative estimate of drug-likeness (QED) is 0.756. The lowest BCUT2D eigenvalue weighted by molar-refractivity contribution is -0.119. The molecule has 26 heavy (non-hydrogen) atoms. The summed E-state index contributed by atoms with van der Waals surface area (Å²) in [6.45, 7) is 5.93. The van der Waals surface area contributed by atoms with Gasteiger partial charge in [-0.1, -0.05) is 26.0 Å². The third-order valence-corrected chi connectivity index (χ3v) is 3.47. The molecule has 6 nitrogen and oxygen atoms in total. The highest BCUT2D eigenvalue weighted by Crippen LogP contribution is 2.26. The van der Waals surface area contributed by atoms with Crippen LogP contribution in [-0.2, 0) is 9.59 Å². The van der Waals surface area contributed by atoms with Crippen LogP contribution in [0.4, 0.5) is 11.4 Å². The highest BCUT2D eigenvalue weighted by molar-refractivity contribution is 5.94. The van der Waals surface area contributed by atoms with Crippen LogP contribution in [0, 0.1) is 5.92 Å². The van der Waals surface area contributed by atoms with Gasteiger partial charge in [-0.05, 0) is 43.3 Å². The van der Waals surface area contributed by atoms with Crippen molar-refractivity contribution < 1.29 is 19.1 Å². The van der Waals surface area contributed by atoms with Gasteiger partial charge in [-0.3, -0.25) is 9.59 Å². The van der Waals surface area contributed by atoms with Crippen LogP contribution in [0.15, 0.2) is 48.5 Å². The molecule has 0 aromatic heterocycles. The number of carbonyl (C=O) groups excluding carboxylic acids is 2. The molecule has 2 aromatic carbocycles. The molecule has 2 N–H and O–H groups in total. The highest BCUT2D eigenvalue weighted by Gasteiger charge is 2.09. The van der Waals surface area contributed by atoms with E-state index >= 15 is 0 Å². The number of hydrogen-bond donors (Lipinski definition) is 2. The fraction of sp³-hybridized carbons (Fsp3) is 0.300. The predicted molar refractivity (Wildman–Crippen MR) is 102 cm³/mol. The van der Waals surface area contributed by atoms with Crippen molar-refractivity contribution in [2.24, 2.45) is 5.92 Å². The molecule has 2 rings (SSSR count). The Morgan fingerprint density at radius 1 is 0.885 bits per heavy atom. The van der Waals surface area contributed by atoms with Crippen molar-refractivity contribution in [2.75, 3.05) is 23.8 Å². The Kier molecular flexibility index (Phi) is 7.02. The standard InChI is InChI=1S/C20H24N2O4/c1-4-25-17-7-5-6-8-18(17)26-13-19(23)21-15-9-11-16(12-10-15)22-20(24)14(2)3/h5-12,14H,4,13H2,1-3H3,(H,21,23)(H,22,24). The first-order chi connectivity index (χ1) is 12.5. The lowest BCUT2D eigenvalue weighted by Crippen LogP contribution is -2.20. The van der Waals surface area contributed by atoms with Crippen LogP contribution in [0.1, 0.15) is 20.8 Å². The van der Waals surface area contributed by atoms with Crippen molar-refractivity contribution in [3.63, 3.8) is 0 Å². The zero-order valence-electron chi connectivity index (χ0n) is 15.2. The number of nitrogens with one attached hydrogen (secondary N) is 2. The number of anilines is 2. The topological polar surface area (TPSA) is 76.7 Å². The molecule has 0 radical (unpaired) electrons. The number of carbonyl (C=O) groups is 2. The van der Waals surface area contributed by atoms with E-state index < -0.39 is 0 Å². The Morgan fingerprint density at radius 3 is 1.96 bits per heavy atom. The van der Waals surface area contributed by atoms with E-state index in [9.17, 15) is 9.59 Å². The summed E-state index contributed by atoms with van der Waals surface area (Å²) in [6, 6.07) is 14.1. The molecule has 2 amide bonds. The fourth-order valence-electron chi connectivity index (χ4n) is 2.11. The highest BCUT2D eigenvalue weighted by atomic mass is 16.5. The predicted octanol–water partition coefficient (Wildman–Crippen LogP) is 3.70. The van der Waals surface area contributed by atoms with Gasteiger partial charge in [0, 0.05) is 17.3 Å². The second kappa shape index (κ2) is 9.46. The number of para-hydroxylation sites is 2. The van der Waals surface area contributed by atoms with Gasteiger partial charge in [-0.15, -0.1) is 0 Å². The van der Waals surface area contributed by atoms with E-state index in [0.29, 0.717) is 29.5 Å². The summed E-state index contributed by atoms with van der Waals surface area (Å²) in [5, 5.41) is 5.55. The largest absolute Gasteiger partial charge is 0.490 e. The van der Waals surface area contributed by atoms with Gasteiger partial charge in [-0.25, -0.2) is 0 Å². The first-order valence-corrected chi connectivity index (χ1v) is 8.55. The molecule has 0 unspecified atom stereocenters. The van der Waals surface area contributed by atoms with E-state index in [1.807, 2.05) is 32.9 Å². The molecule has 138 valence electrons. The van der Waals surface area contributed by atoms with E-state index in [-0.39, 0.29) is 24.3 Å². The van der Waals surface area contributed by atoms with Gasteiger partial charge in [0.05, 0.1) is 6.61 Å². The van der Waals surface area contributed by atoms with Gasteiger partial charge in [0.15, 0.2) is 18.1 Å². The summed E-state index contributed by atoms with van der Waals surface area (Å²) in [4.78, 5) is 23.7. The Morgan fingerprint density at radius 2 is 1.42 bits per heavy atom. The van der Waals surface area contributed by atoms with Crippen LogP contribution in [0.3, 0.4) is 0 Å². The number of rotatable bonds is 8. The summed E-state index contributed by atoms with van der Waals surface area (Å²) in [7, 11) is 0. The molecule has 0 bridgehead atoms. The number of hydrogen-bond acceptors (Lipinski definition) is 4. The minimum absolute atomic E-state index is 0.0526. The van der Waals surface area contributed by atoms with E-state index in [4.69, 9.17) is 9.47 Å². The van der Waals surface area contributed by atoms with Crippen LogP contribution < -0.4 is 20.1 Å². The van der Waals surface area contributed by atoms with Crippen LogP contribution in [0.25, 0.3) is 0 Å². The molecule has 0 atom stereocenters. The van der Waals surface area contributed by atoms with Crippen molar-refractivity contribution >= 4 is 23.2 Å². The lowest BCUT2D eigenvalue weighted by atomic mass is 10.2. The summed E-state index contributed by atoms with van der Waals surface area (Å²) >= 11 is 0. The summed E-state index contributed by atoms with van der Waals surface area (Å²) in [5.41, 5.74) is 1.31. The molecule has 0 spiro atoms. The maximum absolute atomic E-state index is 12.1.